The zero-order chi connectivity index (χ0) is 24.0. The van der Waals surface area contributed by atoms with Crippen LogP contribution in [0.2, 0.25) is 5.02 Å². The molecule has 1 aliphatic rings. The number of nitrogens with one attached hydrogen (secondary N) is 1. The van der Waals surface area contributed by atoms with E-state index in [0.29, 0.717) is 23.0 Å². The van der Waals surface area contributed by atoms with Crippen molar-refractivity contribution < 1.29 is 4.79 Å². The van der Waals surface area contributed by atoms with Crippen LogP contribution in [0.25, 0.3) is 10.9 Å². The van der Waals surface area contributed by atoms with Crippen molar-refractivity contribution >= 4 is 28.4 Å². The van der Waals surface area contributed by atoms with E-state index in [1.54, 1.807) is 0 Å². The summed E-state index contributed by atoms with van der Waals surface area (Å²) in [5, 5.41) is 9.51. The van der Waals surface area contributed by atoms with Crippen LogP contribution in [0.15, 0.2) is 73.1 Å². The second-order valence-electron chi connectivity index (χ2n) is 9.63. The van der Waals surface area contributed by atoms with Crippen molar-refractivity contribution in [1.82, 2.24) is 20.1 Å². The standard InChI is InChI=1S/C29H31ClN4O/c30-26-10-6-9-22(16-26)18-32-29(35)23-12-13-24-19-34(33-28(24)17-23)20-25(27-11-4-5-14-31-27)15-21-7-2-1-3-8-21/h4-6,9-14,16-17,19,21,25H,1-3,7-8,15,18,20H2,(H,32,35). The lowest BCUT2D eigenvalue weighted by molar-refractivity contribution is 0.0951. The minimum absolute atomic E-state index is 0.120. The summed E-state index contributed by atoms with van der Waals surface area (Å²) in [6, 6.07) is 19.4. The fraction of sp³-hybridized carbons (Fsp3) is 0.345. The molecule has 1 amide bonds. The molecule has 1 aliphatic carbocycles. The van der Waals surface area contributed by atoms with E-state index in [-0.39, 0.29) is 5.91 Å². The first kappa shape index (κ1) is 23.6. The number of pyridine rings is 1. The van der Waals surface area contributed by atoms with Crippen LogP contribution < -0.4 is 5.32 Å². The van der Waals surface area contributed by atoms with Gasteiger partial charge in [0.1, 0.15) is 0 Å². The molecule has 0 radical (unpaired) electrons. The maximum atomic E-state index is 12.8. The van der Waals surface area contributed by atoms with Crippen LogP contribution >= 0.6 is 11.6 Å². The molecule has 1 fully saturated rings. The van der Waals surface area contributed by atoms with E-state index in [2.05, 4.69) is 28.6 Å². The molecule has 1 saturated carbocycles. The predicted octanol–water partition coefficient (Wildman–Crippen LogP) is 6.77. The van der Waals surface area contributed by atoms with Gasteiger partial charge < -0.3 is 5.32 Å². The minimum atomic E-state index is -0.120. The molecule has 2 aromatic carbocycles. The first-order chi connectivity index (χ1) is 17.1. The Hall–Kier alpha value is -3.18. The maximum Gasteiger partial charge on any atom is 0.251 e. The fourth-order valence-corrected chi connectivity index (χ4v) is 5.40. The minimum Gasteiger partial charge on any atom is -0.348 e. The molecule has 1 N–H and O–H groups in total. The summed E-state index contributed by atoms with van der Waals surface area (Å²) >= 11 is 6.05. The highest BCUT2D eigenvalue weighted by Gasteiger charge is 2.22. The van der Waals surface area contributed by atoms with Gasteiger partial charge in [-0.25, -0.2) is 0 Å². The lowest BCUT2D eigenvalue weighted by Gasteiger charge is -2.26. The van der Waals surface area contributed by atoms with Gasteiger partial charge in [0, 0.05) is 53.1 Å². The van der Waals surface area contributed by atoms with E-state index < -0.39 is 0 Å². The molecule has 2 aromatic heterocycles. The average Bonchev–Trinajstić information content (AvgIpc) is 3.30. The number of halogens is 1. The number of fused-ring (bicyclic) bond motifs is 1. The van der Waals surface area contributed by atoms with Gasteiger partial charge in [-0.3, -0.25) is 14.5 Å². The van der Waals surface area contributed by atoms with Gasteiger partial charge >= 0.3 is 0 Å². The molecule has 2 heterocycles. The zero-order valence-corrected chi connectivity index (χ0v) is 20.6. The van der Waals surface area contributed by atoms with Gasteiger partial charge in [0.25, 0.3) is 5.91 Å². The number of carbonyl (C=O) groups is 1. The normalized spacial score (nSPS) is 15.2. The van der Waals surface area contributed by atoms with Crippen molar-refractivity contribution in [3.05, 3.63) is 94.9 Å². The molecule has 4 aromatic rings. The van der Waals surface area contributed by atoms with Crippen molar-refractivity contribution in [2.24, 2.45) is 5.92 Å². The van der Waals surface area contributed by atoms with E-state index in [4.69, 9.17) is 16.7 Å². The topological polar surface area (TPSA) is 59.8 Å². The molecule has 1 unspecified atom stereocenters. The van der Waals surface area contributed by atoms with Crippen LogP contribution in [-0.4, -0.2) is 20.7 Å². The Bertz CT molecular complexity index is 1280. The van der Waals surface area contributed by atoms with Gasteiger partial charge in [-0.05, 0) is 54.3 Å². The maximum absolute atomic E-state index is 12.8. The number of amides is 1. The molecule has 0 saturated heterocycles. The van der Waals surface area contributed by atoms with Gasteiger partial charge in [-0.2, -0.15) is 5.10 Å². The molecule has 35 heavy (non-hydrogen) atoms. The molecule has 6 heteroatoms. The fourth-order valence-electron chi connectivity index (χ4n) is 5.19. The third kappa shape index (κ3) is 6.09. The highest BCUT2D eigenvalue weighted by atomic mass is 35.5. The highest BCUT2D eigenvalue weighted by molar-refractivity contribution is 6.30. The van der Waals surface area contributed by atoms with E-state index in [1.807, 2.05) is 59.4 Å². The third-order valence-electron chi connectivity index (χ3n) is 7.02. The van der Waals surface area contributed by atoms with Gasteiger partial charge in [-0.1, -0.05) is 68.0 Å². The quantitative estimate of drug-likeness (QED) is 0.299. The second kappa shape index (κ2) is 11.0. The zero-order valence-electron chi connectivity index (χ0n) is 19.9. The van der Waals surface area contributed by atoms with E-state index in [9.17, 15) is 4.79 Å². The summed E-state index contributed by atoms with van der Waals surface area (Å²) in [4.78, 5) is 17.4. The second-order valence-corrected chi connectivity index (χ2v) is 10.1. The van der Waals surface area contributed by atoms with Crippen molar-refractivity contribution in [3.8, 4) is 0 Å². The first-order valence-electron chi connectivity index (χ1n) is 12.5. The summed E-state index contributed by atoms with van der Waals surface area (Å²) in [7, 11) is 0. The lowest BCUT2D eigenvalue weighted by atomic mass is 9.81. The summed E-state index contributed by atoms with van der Waals surface area (Å²) in [6.07, 6.45) is 11.8. The number of hydrogen-bond acceptors (Lipinski definition) is 3. The Labute approximate surface area is 211 Å². The molecular formula is C29H31ClN4O. The van der Waals surface area contributed by atoms with Crippen LogP contribution in [0.1, 0.15) is 66.1 Å². The van der Waals surface area contributed by atoms with Gasteiger partial charge in [0.15, 0.2) is 0 Å². The number of hydrogen-bond donors (Lipinski definition) is 1. The molecule has 0 spiro atoms. The molecular weight excluding hydrogens is 456 g/mol. The third-order valence-corrected chi connectivity index (χ3v) is 7.25. The van der Waals surface area contributed by atoms with Gasteiger partial charge in [-0.15, -0.1) is 0 Å². The Balaban J connectivity index is 1.30. The first-order valence-corrected chi connectivity index (χ1v) is 12.9. The van der Waals surface area contributed by atoms with Crippen molar-refractivity contribution in [2.75, 3.05) is 0 Å². The number of nitrogens with zero attached hydrogens (tertiary/aromatic N) is 3. The number of carbonyl (C=O) groups excluding carboxylic acids is 1. The Morgan fingerprint density at radius 3 is 2.74 bits per heavy atom. The number of rotatable bonds is 8. The number of aromatic nitrogens is 3. The molecule has 0 aliphatic heterocycles. The SMILES string of the molecule is O=C(NCc1cccc(Cl)c1)c1ccc2cn(CC(CC3CCCCC3)c3ccccn3)nc2c1. The van der Waals surface area contributed by atoms with Gasteiger partial charge in [0.05, 0.1) is 5.52 Å². The monoisotopic (exact) mass is 486 g/mol. The predicted molar refractivity (Wildman–Crippen MR) is 141 cm³/mol. The van der Waals surface area contributed by atoms with Crippen molar-refractivity contribution in [3.63, 3.8) is 0 Å². The smallest absolute Gasteiger partial charge is 0.251 e. The lowest BCUT2D eigenvalue weighted by Crippen LogP contribution is -2.22. The molecule has 5 rings (SSSR count). The average molecular weight is 487 g/mol. The Kier molecular flexibility index (Phi) is 7.43. The summed E-state index contributed by atoms with van der Waals surface area (Å²) in [5.41, 5.74) is 3.54. The molecule has 5 nitrogen and oxygen atoms in total. The molecule has 0 bridgehead atoms. The number of benzene rings is 2. The summed E-state index contributed by atoms with van der Waals surface area (Å²) in [5.74, 6) is 0.967. The van der Waals surface area contributed by atoms with Crippen LogP contribution in [0.5, 0.6) is 0 Å². The molecule has 1 atom stereocenters. The van der Waals surface area contributed by atoms with Crippen LogP contribution in [-0.2, 0) is 13.1 Å². The largest absolute Gasteiger partial charge is 0.348 e. The van der Waals surface area contributed by atoms with E-state index >= 15 is 0 Å². The summed E-state index contributed by atoms with van der Waals surface area (Å²) < 4.78 is 2.03. The van der Waals surface area contributed by atoms with Crippen molar-refractivity contribution in [1.29, 1.82) is 0 Å². The highest BCUT2D eigenvalue weighted by Crippen LogP contribution is 2.33. The van der Waals surface area contributed by atoms with Gasteiger partial charge in [0.2, 0.25) is 0 Å². The Morgan fingerprint density at radius 1 is 1.06 bits per heavy atom. The van der Waals surface area contributed by atoms with E-state index in [0.717, 1.165) is 41.0 Å². The van der Waals surface area contributed by atoms with Crippen LogP contribution in [0, 0.1) is 5.92 Å². The summed E-state index contributed by atoms with van der Waals surface area (Å²) in [6.45, 7) is 1.22. The van der Waals surface area contributed by atoms with Crippen LogP contribution in [0.4, 0.5) is 0 Å². The van der Waals surface area contributed by atoms with E-state index in [1.165, 1.54) is 32.1 Å². The van der Waals surface area contributed by atoms with Crippen LogP contribution in [0.3, 0.4) is 0 Å². The van der Waals surface area contributed by atoms with Crippen molar-refractivity contribution in [2.45, 2.75) is 57.5 Å². The molecule has 180 valence electrons. The Morgan fingerprint density at radius 2 is 1.94 bits per heavy atom.